The van der Waals surface area contributed by atoms with Gasteiger partial charge in [-0.2, -0.15) is 0 Å². The molecular formula is C52H50N8O2. The molecule has 0 aliphatic heterocycles. The summed E-state index contributed by atoms with van der Waals surface area (Å²) in [5.74, 6) is 0.548. The standard InChI is InChI=1S/C52H50N8O2/c1-32-19-35(4)45(21-33(32)2)47-30-55-51(59(47)6)58-50(62)42-15-9-12-38(25-42)27-44-17-16-40(29-54-44)26-43-20-36(5)46(22-34(43)3)48-31-56-52(60(48)7)57-49(61)41-14-8-11-37(24-41)23-39-13-10-18-53-28-39/h8-22,24-25,28-31H,23,26-27H2,1-7H3,(H,55,58,62)(H,56,57,61). The third-order valence-corrected chi connectivity index (χ3v) is 11.7. The van der Waals surface area contributed by atoms with E-state index >= 15 is 0 Å². The highest BCUT2D eigenvalue weighted by Gasteiger charge is 2.18. The number of nitrogens with zero attached hydrogens (tertiary/aromatic N) is 6. The number of nitrogens with one attached hydrogen (secondary N) is 2. The van der Waals surface area contributed by atoms with Crippen LogP contribution in [0.2, 0.25) is 0 Å². The first-order valence-corrected chi connectivity index (χ1v) is 20.8. The summed E-state index contributed by atoms with van der Waals surface area (Å²) < 4.78 is 3.85. The van der Waals surface area contributed by atoms with E-state index in [1.54, 1.807) is 6.20 Å². The minimum atomic E-state index is -0.214. The Bertz CT molecular complexity index is 2940. The minimum absolute atomic E-state index is 0.211. The molecule has 0 saturated carbocycles. The SMILES string of the molecule is Cc1cc(C)c(-c2cnc(NC(=O)c3cccc(Cc4ccc(Cc5cc(C)c(-c6cnc(NC(=O)c7cccc(Cc8cccnc8)c7)n6C)cc5C)cn4)c3)n2C)cc1C. The summed E-state index contributed by atoms with van der Waals surface area (Å²) in [5, 5.41) is 6.01. The monoisotopic (exact) mass is 818 g/mol. The highest BCUT2D eigenvalue weighted by atomic mass is 16.2. The molecule has 0 aliphatic carbocycles. The van der Waals surface area contributed by atoms with Crippen LogP contribution in [0.4, 0.5) is 11.9 Å². The van der Waals surface area contributed by atoms with E-state index in [0.29, 0.717) is 35.9 Å². The Balaban J connectivity index is 0.892. The third kappa shape index (κ3) is 9.00. The molecule has 0 fully saturated rings. The predicted octanol–water partition coefficient (Wildman–Crippen LogP) is 10.1. The molecular weight excluding hydrogens is 769 g/mol. The molecule has 0 saturated heterocycles. The highest BCUT2D eigenvalue weighted by Crippen LogP contribution is 2.31. The third-order valence-electron chi connectivity index (χ3n) is 11.7. The Labute approximate surface area is 362 Å². The Morgan fingerprint density at radius 1 is 0.500 bits per heavy atom. The van der Waals surface area contributed by atoms with Gasteiger partial charge in [-0.15, -0.1) is 0 Å². The van der Waals surface area contributed by atoms with E-state index in [-0.39, 0.29) is 11.8 Å². The van der Waals surface area contributed by atoms with Crippen LogP contribution in [0.1, 0.15) is 82.0 Å². The van der Waals surface area contributed by atoms with Gasteiger partial charge in [0, 0.05) is 67.1 Å². The maximum absolute atomic E-state index is 13.4. The molecule has 4 aromatic heterocycles. The number of aryl methyl sites for hydroxylation is 5. The topological polar surface area (TPSA) is 120 Å². The van der Waals surface area contributed by atoms with Crippen LogP contribution in [0, 0.1) is 34.6 Å². The molecule has 10 heteroatoms. The summed E-state index contributed by atoms with van der Waals surface area (Å²) in [6.45, 7) is 10.5. The summed E-state index contributed by atoms with van der Waals surface area (Å²) in [5.41, 5.74) is 17.4. The van der Waals surface area contributed by atoms with Crippen molar-refractivity contribution in [1.29, 1.82) is 0 Å². The Morgan fingerprint density at radius 3 is 1.63 bits per heavy atom. The normalized spacial score (nSPS) is 11.1. The zero-order chi connectivity index (χ0) is 43.5. The molecule has 2 N–H and O–H groups in total. The average molecular weight is 819 g/mol. The molecule has 0 radical (unpaired) electrons. The van der Waals surface area contributed by atoms with Crippen molar-refractivity contribution in [3.63, 3.8) is 0 Å². The number of aromatic nitrogens is 6. The summed E-state index contributed by atoms with van der Waals surface area (Å²) in [6.07, 6.45) is 11.2. The second-order valence-electron chi connectivity index (χ2n) is 16.3. The number of amides is 2. The molecule has 0 spiro atoms. The number of anilines is 2. The Kier molecular flexibility index (Phi) is 11.7. The molecule has 8 rings (SSSR count). The van der Waals surface area contributed by atoms with Gasteiger partial charge < -0.3 is 9.13 Å². The van der Waals surface area contributed by atoms with Crippen LogP contribution in [-0.4, -0.2) is 40.9 Å². The van der Waals surface area contributed by atoms with Crippen molar-refractivity contribution < 1.29 is 9.59 Å². The van der Waals surface area contributed by atoms with Crippen molar-refractivity contribution in [2.45, 2.75) is 53.9 Å². The van der Waals surface area contributed by atoms with Crippen molar-refractivity contribution in [2.24, 2.45) is 14.1 Å². The van der Waals surface area contributed by atoms with Gasteiger partial charge in [0.05, 0.1) is 23.8 Å². The van der Waals surface area contributed by atoms with Gasteiger partial charge in [0.1, 0.15) is 0 Å². The zero-order valence-electron chi connectivity index (χ0n) is 36.2. The fraction of sp³-hybridized carbons (Fsp3) is 0.192. The van der Waals surface area contributed by atoms with Crippen LogP contribution in [0.15, 0.2) is 128 Å². The fourth-order valence-electron chi connectivity index (χ4n) is 7.95. The predicted molar refractivity (Wildman–Crippen MR) is 247 cm³/mol. The van der Waals surface area contributed by atoms with Crippen LogP contribution >= 0.6 is 0 Å². The van der Waals surface area contributed by atoms with Gasteiger partial charge in [-0.3, -0.25) is 30.2 Å². The van der Waals surface area contributed by atoms with Gasteiger partial charge in [0.25, 0.3) is 11.8 Å². The summed E-state index contributed by atoms with van der Waals surface area (Å²) in [7, 11) is 3.84. The summed E-state index contributed by atoms with van der Waals surface area (Å²) in [6, 6.07) is 32.2. The molecule has 0 atom stereocenters. The number of pyridine rings is 2. The first-order valence-electron chi connectivity index (χ1n) is 20.8. The van der Waals surface area contributed by atoms with E-state index in [0.717, 1.165) is 68.0 Å². The van der Waals surface area contributed by atoms with E-state index < -0.39 is 0 Å². The molecule has 10 nitrogen and oxygen atoms in total. The van der Waals surface area contributed by atoms with Crippen molar-refractivity contribution in [1.82, 2.24) is 29.1 Å². The zero-order valence-corrected chi connectivity index (χ0v) is 36.2. The lowest BCUT2D eigenvalue weighted by Gasteiger charge is -2.14. The molecule has 4 aromatic carbocycles. The molecule has 0 unspecified atom stereocenters. The molecule has 2 amide bonds. The fourth-order valence-corrected chi connectivity index (χ4v) is 7.95. The van der Waals surface area contributed by atoms with E-state index in [4.69, 9.17) is 4.98 Å². The quantitative estimate of drug-likeness (QED) is 0.127. The van der Waals surface area contributed by atoms with Crippen molar-refractivity contribution >= 4 is 23.7 Å². The summed E-state index contributed by atoms with van der Waals surface area (Å²) >= 11 is 0. The maximum atomic E-state index is 13.4. The summed E-state index contributed by atoms with van der Waals surface area (Å²) in [4.78, 5) is 44.9. The number of carbonyl (C=O) groups is 2. The second kappa shape index (κ2) is 17.6. The smallest absolute Gasteiger partial charge is 0.257 e. The Hall–Kier alpha value is -7.46. The average Bonchev–Trinajstić information content (AvgIpc) is 3.81. The minimum Gasteiger partial charge on any atom is -0.313 e. The molecule has 62 heavy (non-hydrogen) atoms. The first kappa shape index (κ1) is 41.3. The number of hydrogen-bond acceptors (Lipinski definition) is 6. The molecule has 4 heterocycles. The van der Waals surface area contributed by atoms with Crippen molar-refractivity contribution in [3.8, 4) is 22.5 Å². The van der Waals surface area contributed by atoms with Crippen LogP contribution in [0.5, 0.6) is 0 Å². The van der Waals surface area contributed by atoms with E-state index in [1.807, 2.05) is 109 Å². The van der Waals surface area contributed by atoms with Crippen LogP contribution in [-0.2, 0) is 33.4 Å². The van der Waals surface area contributed by atoms with Crippen LogP contribution in [0.3, 0.4) is 0 Å². The van der Waals surface area contributed by atoms with Gasteiger partial charge in [-0.1, -0.05) is 48.5 Å². The van der Waals surface area contributed by atoms with E-state index in [1.165, 1.54) is 22.3 Å². The lowest BCUT2D eigenvalue weighted by Crippen LogP contribution is -2.15. The number of benzene rings is 4. The van der Waals surface area contributed by atoms with Crippen LogP contribution in [0.25, 0.3) is 22.5 Å². The van der Waals surface area contributed by atoms with E-state index in [9.17, 15) is 9.59 Å². The van der Waals surface area contributed by atoms with Crippen molar-refractivity contribution in [3.05, 3.63) is 201 Å². The lowest BCUT2D eigenvalue weighted by atomic mass is 9.94. The maximum Gasteiger partial charge on any atom is 0.257 e. The number of imidazole rings is 2. The van der Waals surface area contributed by atoms with Gasteiger partial charge in [0.15, 0.2) is 0 Å². The molecule has 310 valence electrons. The molecule has 8 aromatic rings. The molecule has 0 aliphatic rings. The second-order valence-corrected chi connectivity index (χ2v) is 16.3. The lowest BCUT2D eigenvalue weighted by molar-refractivity contribution is 0.101. The largest absolute Gasteiger partial charge is 0.313 e. The van der Waals surface area contributed by atoms with Crippen LogP contribution < -0.4 is 10.6 Å². The van der Waals surface area contributed by atoms with E-state index in [2.05, 4.69) is 96.6 Å². The van der Waals surface area contributed by atoms with Gasteiger partial charge in [-0.05, 0) is 152 Å². The first-order chi connectivity index (χ1) is 29.9. The van der Waals surface area contributed by atoms with Crippen molar-refractivity contribution in [2.75, 3.05) is 10.6 Å². The highest BCUT2D eigenvalue weighted by molar-refractivity contribution is 6.04. The van der Waals surface area contributed by atoms with Gasteiger partial charge in [0.2, 0.25) is 11.9 Å². The van der Waals surface area contributed by atoms with Gasteiger partial charge in [-0.25, -0.2) is 9.97 Å². The molecule has 0 bridgehead atoms. The number of carbonyl (C=O) groups excluding carboxylic acids is 2. The number of rotatable bonds is 12. The Morgan fingerprint density at radius 2 is 1.05 bits per heavy atom. The van der Waals surface area contributed by atoms with Gasteiger partial charge >= 0.3 is 0 Å². The number of hydrogen-bond donors (Lipinski definition) is 2.